The number of carbonyl (C=O) groups excluding carboxylic acids is 2. The highest BCUT2D eigenvalue weighted by Gasteiger charge is 2.42. The fourth-order valence-corrected chi connectivity index (χ4v) is 3.40. The third-order valence-electron chi connectivity index (χ3n) is 5.12. The van der Waals surface area contributed by atoms with Gasteiger partial charge in [0.15, 0.2) is 5.82 Å². The Kier molecular flexibility index (Phi) is 5.22. The summed E-state index contributed by atoms with van der Waals surface area (Å²) in [6, 6.07) is 3.57. The first-order valence-electron chi connectivity index (χ1n) is 9.21. The molecule has 0 aliphatic carbocycles. The van der Waals surface area contributed by atoms with E-state index >= 15 is 0 Å². The number of aliphatic imine (C=N–C) groups is 1. The van der Waals surface area contributed by atoms with Crippen molar-refractivity contribution in [3.05, 3.63) is 42.2 Å². The van der Waals surface area contributed by atoms with Gasteiger partial charge in [-0.25, -0.2) is 9.78 Å². The molecule has 0 radical (unpaired) electrons. The molecule has 0 fully saturated rings. The molecule has 8 nitrogen and oxygen atoms in total. The van der Waals surface area contributed by atoms with Gasteiger partial charge in [0, 0.05) is 30.8 Å². The van der Waals surface area contributed by atoms with Crippen molar-refractivity contribution in [2.45, 2.75) is 32.6 Å². The summed E-state index contributed by atoms with van der Waals surface area (Å²) >= 11 is 0. The second kappa shape index (κ2) is 7.46. The Labute approximate surface area is 163 Å². The lowest BCUT2D eigenvalue weighted by molar-refractivity contribution is -0.117. The number of fused-ring (bicyclic) bond motifs is 1. The second-order valence-electron chi connectivity index (χ2n) is 7.98. The number of urea groups is 1. The second-order valence-corrected chi connectivity index (χ2v) is 7.98. The number of imidazole rings is 1. The third kappa shape index (κ3) is 3.90. The molecule has 0 saturated carbocycles. The largest absolute Gasteiger partial charge is 0.370 e. The van der Waals surface area contributed by atoms with Crippen LogP contribution >= 0.6 is 0 Å². The number of amides is 3. The molecule has 3 amide bonds. The average Bonchev–Trinajstić information content (AvgIpc) is 3.02. The number of nitrogens with zero attached hydrogens (tertiary/aromatic N) is 3. The van der Waals surface area contributed by atoms with Gasteiger partial charge < -0.3 is 15.5 Å². The molecule has 1 aliphatic heterocycles. The van der Waals surface area contributed by atoms with Crippen LogP contribution in [0.1, 0.15) is 32.8 Å². The molecule has 4 N–H and O–H groups in total. The SMILES string of the molecule is CC(C)(C)C1(c2ccc3nc(NC(=O)NCCC(N)=O)cn3c2)C=CC=NC1. The van der Waals surface area contributed by atoms with Crippen molar-refractivity contribution < 1.29 is 9.59 Å². The van der Waals surface area contributed by atoms with Crippen LogP contribution in [-0.2, 0) is 10.2 Å². The number of rotatable bonds is 5. The first kappa shape index (κ1) is 19.6. The Morgan fingerprint density at radius 2 is 2.07 bits per heavy atom. The molecule has 1 atom stereocenters. The predicted molar refractivity (Wildman–Crippen MR) is 110 cm³/mol. The number of allylic oxidation sites excluding steroid dienone is 1. The van der Waals surface area contributed by atoms with Crippen LogP contribution in [0, 0.1) is 5.41 Å². The highest BCUT2D eigenvalue weighted by molar-refractivity contribution is 5.88. The third-order valence-corrected chi connectivity index (χ3v) is 5.12. The first-order chi connectivity index (χ1) is 13.2. The molecule has 1 aliphatic rings. The molecular formula is C20H26N6O2. The van der Waals surface area contributed by atoms with E-state index in [4.69, 9.17) is 5.73 Å². The minimum Gasteiger partial charge on any atom is -0.370 e. The summed E-state index contributed by atoms with van der Waals surface area (Å²) in [5.74, 6) is -0.0369. The number of primary amides is 1. The molecule has 148 valence electrons. The maximum absolute atomic E-state index is 11.9. The summed E-state index contributed by atoms with van der Waals surface area (Å²) < 4.78 is 1.90. The van der Waals surface area contributed by atoms with Crippen LogP contribution < -0.4 is 16.4 Å². The van der Waals surface area contributed by atoms with E-state index in [-0.39, 0.29) is 23.8 Å². The summed E-state index contributed by atoms with van der Waals surface area (Å²) in [5, 5.41) is 5.24. The lowest BCUT2D eigenvalue weighted by Crippen LogP contribution is -2.42. The summed E-state index contributed by atoms with van der Waals surface area (Å²) in [6.45, 7) is 7.49. The van der Waals surface area contributed by atoms with Gasteiger partial charge >= 0.3 is 6.03 Å². The van der Waals surface area contributed by atoms with E-state index in [0.29, 0.717) is 12.4 Å². The first-order valence-corrected chi connectivity index (χ1v) is 9.21. The Bertz CT molecular complexity index is 953. The van der Waals surface area contributed by atoms with E-state index in [1.165, 1.54) is 0 Å². The predicted octanol–water partition coefficient (Wildman–Crippen LogP) is 2.26. The highest BCUT2D eigenvalue weighted by atomic mass is 16.2. The van der Waals surface area contributed by atoms with Crippen LogP contribution in [0.2, 0.25) is 0 Å². The molecule has 1 unspecified atom stereocenters. The molecule has 2 aromatic heterocycles. The van der Waals surface area contributed by atoms with Gasteiger partial charge in [-0.05, 0) is 23.1 Å². The van der Waals surface area contributed by atoms with Gasteiger partial charge in [-0.3, -0.25) is 15.1 Å². The van der Waals surface area contributed by atoms with E-state index in [2.05, 4.69) is 53.5 Å². The van der Waals surface area contributed by atoms with Crippen LogP contribution in [0.4, 0.5) is 10.6 Å². The van der Waals surface area contributed by atoms with Gasteiger partial charge in [0.1, 0.15) is 5.65 Å². The highest BCUT2D eigenvalue weighted by Crippen LogP contribution is 2.44. The van der Waals surface area contributed by atoms with Crippen LogP contribution in [0.5, 0.6) is 0 Å². The van der Waals surface area contributed by atoms with E-state index < -0.39 is 11.9 Å². The monoisotopic (exact) mass is 382 g/mol. The number of hydrogen-bond donors (Lipinski definition) is 3. The minimum atomic E-state index is -0.463. The van der Waals surface area contributed by atoms with Crippen LogP contribution in [0.15, 0.2) is 41.7 Å². The standard InChI is InChI=1S/C20H26N6O2/c1-19(2,3)20(8-4-9-22-13-20)14-5-6-17-24-16(12-26(17)11-14)25-18(28)23-10-7-15(21)27/h4-6,8-9,11-12H,7,10,13H2,1-3H3,(H2,21,27)(H2,23,25,28). The van der Waals surface area contributed by atoms with E-state index in [9.17, 15) is 9.59 Å². The van der Waals surface area contributed by atoms with Gasteiger partial charge in [0.25, 0.3) is 0 Å². The van der Waals surface area contributed by atoms with Gasteiger partial charge in [-0.1, -0.05) is 32.9 Å². The van der Waals surface area contributed by atoms with Crippen molar-refractivity contribution in [2.24, 2.45) is 16.1 Å². The lowest BCUT2D eigenvalue weighted by Gasteiger charge is -2.43. The van der Waals surface area contributed by atoms with Gasteiger partial charge in [-0.15, -0.1) is 0 Å². The zero-order valence-electron chi connectivity index (χ0n) is 16.4. The topological polar surface area (TPSA) is 114 Å². The van der Waals surface area contributed by atoms with E-state index in [1.807, 2.05) is 29.0 Å². The number of aromatic nitrogens is 2. The van der Waals surface area contributed by atoms with E-state index in [1.54, 1.807) is 6.20 Å². The summed E-state index contributed by atoms with van der Waals surface area (Å²) in [5.41, 5.74) is 6.67. The molecule has 0 bridgehead atoms. The number of anilines is 1. The normalized spacial score (nSPS) is 19.0. The molecule has 28 heavy (non-hydrogen) atoms. The number of nitrogens with one attached hydrogen (secondary N) is 2. The smallest absolute Gasteiger partial charge is 0.320 e. The summed E-state index contributed by atoms with van der Waals surface area (Å²) in [6.07, 6.45) is 9.93. The molecule has 2 aromatic rings. The summed E-state index contributed by atoms with van der Waals surface area (Å²) in [4.78, 5) is 31.6. The number of carbonyl (C=O) groups is 2. The van der Waals surface area contributed by atoms with Crippen molar-refractivity contribution >= 4 is 29.6 Å². The maximum Gasteiger partial charge on any atom is 0.320 e. The Balaban J connectivity index is 1.83. The number of nitrogens with two attached hydrogens (primary N) is 1. The maximum atomic E-state index is 11.9. The van der Waals surface area contributed by atoms with Crippen LogP contribution in [0.25, 0.3) is 5.65 Å². The van der Waals surface area contributed by atoms with Crippen LogP contribution in [0.3, 0.4) is 0 Å². The average molecular weight is 382 g/mol. The Hall–Kier alpha value is -3.16. The molecule has 0 saturated heterocycles. The fraction of sp³-hybridized carbons (Fsp3) is 0.400. The van der Waals surface area contributed by atoms with E-state index in [0.717, 1.165) is 11.2 Å². The molecule has 3 heterocycles. The lowest BCUT2D eigenvalue weighted by atomic mass is 9.62. The van der Waals surface area contributed by atoms with Gasteiger partial charge in [-0.2, -0.15) is 0 Å². The number of pyridine rings is 1. The van der Waals surface area contributed by atoms with Crippen LogP contribution in [-0.4, -0.2) is 40.6 Å². The van der Waals surface area contributed by atoms with Crippen molar-refractivity contribution in [1.82, 2.24) is 14.7 Å². The minimum absolute atomic E-state index is 0.0308. The molecule has 0 spiro atoms. The van der Waals surface area contributed by atoms with Gasteiger partial charge in [0.05, 0.1) is 12.7 Å². The summed E-state index contributed by atoms with van der Waals surface area (Å²) in [7, 11) is 0. The number of dihydropyridines is 1. The van der Waals surface area contributed by atoms with Crippen molar-refractivity contribution in [2.75, 3.05) is 18.4 Å². The zero-order chi connectivity index (χ0) is 20.4. The Morgan fingerprint density at radius 1 is 1.29 bits per heavy atom. The fourth-order valence-electron chi connectivity index (χ4n) is 3.40. The number of hydrogen-bond acceptors (Lipinski definition) is 4. The molecule has 0 aromatic carbocycles. The van der Waals surface area contributed by atoms with Gasteiger partial charge in [0.2, 0.25) is 5.91 Å². The van der Waals surface area contributed by atoms with Crippen molar-refractivity contribution in [3.63, 3.8) is 0 Å². The van der Waals surface area contributed by atoms with Crippen molar-refractivity contribution in [3.8, 4) is 0 Å². The Morgan fingerprint density at radius 3 is 2.71 bits per heavy atom. The molecule has 8 heteroatoms. The molecular weight excluding hydrogens is 356 g/mol. The zero-order valence-corrected chi connectivity index (χ0v) is 16.4. The molecule has 3 rings (SSSR count). The van der Waals surface area contributed by atoms with Crippen molar-refractivity contribution in [1.29, 1.82) is 0 Å². The quantitative estimate of drug-likeness (QED) is 0.737.